The molecule has 0 amide bonds. The Morgan fingerprint density at radius 3 is 2.25 bits per heavy atom. The minimum atomic E-state index is 0.0553. The van der Waals surface area contributed by atoms with Crippen LogP contribution in [-0.2, 0) is 0 Å². The summed E-state index contributed by atoms with van der Waals surface area (Å²) in [5.74, 6) is 1.20. The Bertz CT molecular complexity index is 275. The molecule has 1 spiro atoms. The molecule has 2 N–H and O–H groups in total. The van der Waals surface area contributed by atoms with Crippen LogP contribution in [-0.4, -0.2) is 30.5 Å². The smallest absolute Gasteiger partial charge is 0.113 e. The summed E-state index contributed by atoms with van der Waals surface area (Å²) in [4.78, 5) is 5.05. The van der Waals surface area contributed by atoms with Gasteiger partial charge in [-0.3, -0.25) is 10.3 Å². The molecule has 3 heteroatoms. The Morgan fingerprint density at radius 1 is 1.19 bits per heavy atom. The third-order valence-corrected chi connectivity index (χ3v) is 3.77. The normalized spacial score (nSPS) is 29.1. The first kappa shape index (κ1) is 12.1. The van der Waals surface area contributed by atoms with Gasteiger partial charge in [-0.25, -0.2) is 0 Å². The summed E-state index contributed by atoms with van der Waals surface area (Å²) < 4.78 is 0. The Kier molecular flexibility index (Phi) is 3.36. The van der Waals surface area contributed by atoms with Gasteiger partial charge >= 0.3 is 0 Å². The second kappa shape index (κ2) is 4.46. The fourth-order valence-corrected chi connectivity index (χ4v) is 2.81. The van der Waals surface area contributed by atoms with Crippen molar-refractivity contribution < 1.29 is 0 Å². The van der Waals surface area contributed by atoms with Gasteiger partial charge in [0.25, 0.3) is 0 Å². The molecule has 1 saturated heterocycles. The topological polar surface area (TPSA) is 36.4 Å². The van der Waals surface area contributed by atoms with Crippen molar-refractivity contribution in [1.29, 1.82) is 0 Å². The maximum absolute atomic E-state index is 5.05. The second-order valence-electron chi connectivity index (χ2n) is 5.84. The van der Waals surface area contributed by atoms with Gasteiger partial charge in [0.15, 0.2) is 0 Å². The molecule has 0 aromatic rings. The van der Waals surface area contributed by atoms with Gasteiger partial charge in [0.2, 0.25) is 0 Å². The molecule has 0 aliphatic carbocycles. The zero-order chi connectivity index (χ0) is 11.8. The van der Waals surface area contributed by atoms with Gasteiger partial charge in [0.05, 0.1) is 0 Å². The number of piperidine rings is 1. The van der Waals surface area contributed by atoms with Crippen LogP contribution in [0.5, 0.6) is 0 Å². The Labute approximate surface area is 99.1 Å². The third-order valence-electron chi connectivity index (χ3n) is 3.77. The maximum atomic E-state index is 5.05. The lowest BCUT2D eigenvalue weighted by Crippen LogP contribution is -2.52. The van der Waals surface area contributed by atoms with Gasteiger partial charge in [-0.1, -0.05) is 27.7 Å². The van der Waals surface area contributed by atoms with Crippen molar-refractivity contribution in [3.8, 4) is 0 Å². The number of hydrogen-bond donors (Lipinski definition) is 2. The molecular formula is C13H25N3. The molecule has 2 aliphatic heterocycles. The predicted molar refractivity (Wildman–Crippen MR) is 68.9 cm³/mol. The van der Waals surface area contributed by atoms with Gasteiger partial charge in [-0.2, -0.15) is 0 Å². The van der Waals surface area contributed by atoms with Gasteiger partial charge in [-0.15, -0.1) is 0 Å². The molecule has 2 heterocycles. The standard InChI is InChI=1S/C13H25N3/c1-9(2)11-12(10(3)4)16-13(15-11)5-7-14-8-6-13/h9-11,14-15H,5-8H2,1-4H3. The van der Waals surface area contributed by atoms with Crippen LogP contribution in [0.2, 0.25) is 0 Å². The number of nitrogens with one attached hydrogen (secondary N) is 2. The van der Waals surface area contributed by atoms with Crippen molar-refractivity contribution in [2.45, 2.75) is 52.2 Å². The summed E-state index contributed by atoms with van der Waals surface area (Å²) in [6.07, 6.45) is 2.26. The molecule has 1 fully saturated rings. The van der Waals surface area contributed by atoms with Gasteiger partial charge in [0, 0.05) is 11.8 Å². The zero-order valence-electron chi connectivity index (χ0n) is 11.0. The summed E-state index contributed by atoms with van der Waals surface area (Å²) in [6.45, 7) is 11.3. The van der Waals surface area contributed by atoms with E-state index in [1.54, 1.807) is 0 Å². The summed E-state index contributed by atoms with van der Waals surface area (Å²) in [5.41, 5.74) is 1.44. The van der Waals surface area contributed by atoms with E-state index >= 15 is 0 Å². The number of rotatable bonds is 2. The minimum Gasteiger partial charge on any atom is -0.316 e. The monoisotopic (exact) mass is 223 g/mol. The first-order valence-corrected chi connectivity index (χ1v) is 6.62. The molecule has 16 heavy (non-hydrogen) atoms. The highest BCUT2D eigenvalue weighted by Gasteiger charge is 2.42. The van der Waals surface area contributed by atoms with Crippen LogP contribution in [0.15, 0.2) is 4.99 Å². The van der Waals surface area contributed by atoms with Crippen LogP contribution in [0.25, 0.3) is 0 Å². The summed E-state index contributed by atoms with van der Waals surface area (Å²) >= 11 is 0. The predicted octanol–water partition coefficient (Wildman–Crippen LogP) is 1.79. The fourth-order valence-electron chi connectivity index (χ4n) is 2.81. The van der Waals surface area contributed by atoms with Gasteiger partial charge < -0.3 is 5.32 Å². The molecule has 0 aromatic carbocycles. The van der Waals surface area contributed by atoms with E-state index in [4.69, 9.17) is 4.99 Å². The SMILES string of the molecule is CC(C)C1=NC2(CCNCC2)NC1C(C)C. The van der Waals surface area contributed by atoms with Crippen LogP contribution < -0.4 is 10.6 Å². The van der Waals surface area contributed by atoms with E-state index in [0.717, 1.165) is 25.9 Å². The molecule has 1 atom stereocenters. The highest BCUT2D eigenvalue weighted by molar-refractivity contribution is 5.93. The van der Waals surface area contributed by atoms with Gasteiger partial charge in [0.1, 0.15) is 5.66 Å². The summed E-state index contributed by atoms with van der Waals surface area (Å²) in [7, 11) is 0. The molecule has 1 unspecified atom stereocenters. The van der Waals surface area contributed by atoms with E-state index < -0.39 is 0 Å². The fraction of sp³-hybridized carbons (Fsp3) is 0.923. The summed E-state index contributed by atoms with van der Waals surface area (Å²) in [6, 6.07) is 0.484. The van der Waals surface area contributed by atoms with Crippen LogP contribution in [0.1, 0.15) is 40.5 Å². The van der Waals surface area contributed by atoms with E-state index in [1.165, 1.54) is 5.71 Å². The van der Waals surface area contributed by atoms with E-state index in [2.05, 4.69) is 38.3 Å². The number of aliphatic imine (C=N–C) groups is 1. The Balaban J connectivity index is 2.20. The van der Waals surface area contributed by atoms with E-state index in [0.29, 0.717) is 17.9 Å². The lowest BCUT2D eigenvalue weighted by atomic mass is 9.92. The molecule has 2 aliphatic rings. The molecule has 0 aromatic heterocycles. The second-order valence-corrected chi connectivity index (χ2v) is 5.84. The number of hydrogen-bond acceptors (Lipinski definition) is 3. The van der Waals surface area contributed by atoms with Gasteiger partial charge in [-0.05, 0) is 37.8 Å². The largest absolute Gasteiger partial charge is 0.316 e. The Hall–Kier alpha value is -0.410. The molecule has 0 saturated carbocycles. The van der Waals surface area contributed by atoms with Crippen LogP contribution in [0, 0.1) is 11.8 Å². The Morgan fingerprint density at radius 2 is 1.81 bits per heavy atom. The van der Waals surface area contributed by atoms with Crippen LogP contribution >= 0.6 is 0 Å². The molecule has 2 rings (SSSR count). The van der Waals surface area contributed by atoms with Crippen LogP contribution in [0.4, 0.5) is 0 Å². The van der Waals surface area contributed by atoms with E-state index in [1.807, 2.05) is 0 Å². The van der Waals surface area contributed by atoms with E-state index in [-0.39, 0.29) is 5.66 Å². The highest BCUT2D eigenvalue weighted by Crippen LogP contribution is 2.30. The highest BCUT2D eigenvalue weighted by atomic mass is 15.2. The molecular weight excluding hydrogens is 198 g/mol. The van der Waals surface area contributed by atoms with Crippen molar-refractivity contribution in [2.24, 2.45) is 16.8 Å². The molecule has 0 radical (unpaired) electrons. The first-order valence-electron chi connectivity index (χ1n) is 6.62. The number of nitrogens with zero attached hydrogens (tertiary/aromatic N) is 1. The average Bonchev–Trinajstić information content (AvgIpc) is 2.59. The summed E-state index contributed by atoms with van der Waals surface area (Å²) in [5, 5.41) is 7.21. The average molecular weight is 223 g/mol. The van der Waals surface area contributed by atoms with Crippen molar-refractivity contribution in [3.63, 3.8) is 0 Å². The van der Waals surface area contributed by atoms with Crippen molar-refractivity contribution in [1.82, 2.24) is 10.6 Å². The molecule has 0 bridgehead atoms. The quantitative estimate of drug-likeness (QED) is 0.749. The molecule has 92 valence electrons. The zero-order valence-corrected chi connectivity index (χ0v) is 11.0. The lowest BCUT2D eigenvalue weighted by molar-refractivity contribution is 0.250. The van der Waals surface area contributed by atoms with Crippen molar-refractivity contribution in [2.75, 3.05) is 13.1 Å². The lowest BCUT2D eigenvalue weighted by Gasteiger charge is -2.33. The van der Waals surface area contributed by atoms with Crippen LogP contribution in [0.3, 0.4) is 0 Å². The van der Waals surface area contributed by atoms with E-state index in [9.17, 15) is 0 Å². The third kappa shape index (κ3) is 2.16. The van der Waals surface area contributed by atoms with Crippen molar-refractivity contribution in [3.05, 3.63) is 0 Å². The first-order chi connectivity index (χ1) is 7.54. The maximum Gasteiger partial charge on any atom is 0.113 e. The minimum absolute atomic E-state index is 0.0553. The van der Waals surface area contributed by atoms with Crippen molar-refractivity contribution >= 4 is 5.71 Å². The molecule has 3 nitrogen and oxygen atoms in total.